The van der Waals surface area contributed by atoms with Crippen molar-refractivity contribution in [3.63, 3.8) is 0 Å². The SMILES string of the molecule is CCCCc1ccc(CCCF)cc1. The second-order valence-electron chi connectivity index (χ2n) is 3.71. The third-order valence-electron chi connectivity index (χ3n) is 2.44. The molecule has 0 bridgehead atoms. The quantitative estimate of drug-likeness (QED) is 0.643. The number of halogens is 1. The minimum atomic E-state index is -0.211. The number of rotatable bonds is 6. The minimum Gasteiger partial charge on any atom is -0.251 e. The molecule has 0 atom stereocenters. The molecule has 0 aliphatic rings. The molecule has 0 N–H and O–H groups in total. The van der Waals surface area contributed by atoms with Gasteiger partial charge in [-0.25, -0.2) is 0 Å². The standard InChI is InChI=1S/C13H19F/c1-2-3-5-12-7-9-13(10-8-12)6-4-11-14/h7-10H,2-6,11H2,1H3. The summed E-state index contributed by atoms with van der Waals surface area (Å²) in [5.74, 6) is 0. The molecule has 0 saturated heterocycles. The van der Waals surface area contributed by atoms with Crippen molar-refractivity contribution in [3.05, 3.63) is 35.4 Å². The smallest absolute Gasteiger partial charge is 0.0897 e. The number of benzene rings is 1. The lowest BCUT2D eigenvalue weighted by atomic mass is 10.0. The molecule has 0 nitrogen and oxygen atoms in total. The lowest BCUT2D eigenvalue weighted by Crippen LogP contribution is -1.89. The number of unbranched alkanes of at least 4 members (excludes halogenated alkanes) is 1. The van der Waals surface area contributed by atoms with Crippen LogP contribution >= 0.6 is 0 Å². The Morgan fingerprint density at radius 2 is 1.43 bits per heavy atom. The summed E-state index contributed by atoms with van der Waals surface area (Å²) in [5, 5.41) is 0. The summed E-state index contributed by atoms with van der Waals surface area (Å²) < 4.78 is 11.9. The van der Waals surface area contributed by atoms with Gasteiger partial charge in [-0.2, -0.15) is 0 Å². The third-order valence-corrected chi connectivity index (χ3v) is 2.44. The molecule has 0 amide bonds. The molecular weight excluding hydrogens is 175 g/mol. The minimum absolute atomic E-state index is 0.211. The van der Waals surface area contributed by atoms with E-state index in [4.69, 9.17) is 0 Å². The van der Waals surface area contributed by atoms with E-state index in [1.165, 1.54) is 30.4 Å². The van der Waals surface area contributed by atoms with Gasteiger partial charge in [-0.1, -0.05) is 37.6 Å². The van der Waals surface area contributed by atoms with E-state index >= 15 is 0 Å². The lowest BCUT2D eigenvalue weighted by molar-refractivity contribution is 0.473. The zero-order valence-electron chi connectivity index (χ0n) is 8.93. The van der Waals surface area contributed by atoms with Crippen LogP contribution in [0.2, 0.25) is 0 Å². The second-order valence-corrected chi connectivity index (χ2v) is 3.71. The predicted molar refractivity (Wildman–Crippen MR) is 59.4 cm³/mol. The van der Waals surface area contributed by atoms with Crippen LogP contribution in [0.1, 0.15) is 37.3 Å². The molecule has 0 spiro atoms. The highest BCUT2D eigenvalue weighted by atomic mass is 19.1. The van der Waals surface area contributed by atoms with E-state index < -0.39 is 0 Å². The van der Waals surface area contributed by atoms with Crippen LogP contribution in [0.4, 0.5) is 4.39 Å². The highest BCUT2D eigenvalue weighted by Gasteiger charge is 1.94. The summed E-state index contributed by atoms with van der Waals surface area (Å²) in [6.45, 7) is 1.99. The first-order chi connectivity index (χ1) is 6.86. The molecular formula is C13H19F. The van der Waals surface area contributed by atoms with Crippen molar-refractivity contribution >= 4 is 0 Å². The van der Waals surface area contributed by atoms with Gasteiger partial charge in [-0.3, -0.25) is 4.39 Å². The molecule has 0 radical (unpaired) electrons. The Balaban J connectivity index is 2.42. The molecule has 78 valence electrons. The molecule has 1 aromatic carbocycles. The Labute approximate surface area is 86.2 Å². The summed E-state index contributed by atoms with van der Waals surface area (Å²) in [6.07, 6.45) is 5.17. The van der Waals surface area contributed by atoms with E-state index in [-0.39, 0.29) is 6.67 Å². The highest BCUT2D eigenvalue weighted by molar-refractivity contribution is 5.22. The molecule has 1 heteroatoms. The maximum absolute atomic E-state index is 11.9. The lowest BCUT2D eigenvalue weighted by Gasteiger charge is -2.02. The molecule has 1 rings (SSSR count). The van der Waals surface area contributed by atoms with Gasteiger partial charge in [-0.15, -0.1) is 0 Å². The Bertz CT molecular complexity index is 211. The summed E-state index contributed by atoms with van der Waals surface area (Å²) >= 11 is 0. The normalized spacial score (nSPS) is 10.4. The van der Waals surface area contributed by atoms with Crippen LogP contribution in [0.25, 0.3) is 0 Å². The van der Waals surface area contributed by atoms with Crippen LogP contribution in [0.5, 0.6) is 0 Å². The van der Waals surface area contributed by atoms with Gasteiger partial charge in [0, 0.05) is 0 Å². The van der Waals surface area contributed by atoms with Crippen LogP contribution in [0, 0.1) is 0 Å². The first-order valence-corrected chi connectivity index (χ1v) is 5.50. The molecule has 14 heavy (non-hydrogen) atoms. The molecule has 0 aromatic heterocycles. The van der Waals surface area contributed by atoms with E-state index in [2.05, 4.69) is 31.2 Å². The van der Waals surface area contributed by atoms with Crippen LogP contribution in [0.3, 0.4) is 0 Å². The van der Waals surface area contributed by atoms with E-state index in [9.17, 15) is 4.39 Å². The van der Waals surface area contributed by atoms with Gasteiger partial charge >= 0.3 is 0 Å². The van der Waals surface area contributed by atoms with Crippen LogP contribution in [-0.4, -0.2) is 6.67 Å². The van der Waals surface area contributed by atoms with Crippen molar-refractivity contribution in [2.75, 3.05) is 6.67 Å². The van der Waals surface area contributed by atoms with Crippen molar-refractivity contribution in [2.24, 2.45) is 0 Å². The average Bonchev–Trinajstić information content (AvgIpc) is 2.25. The fourth-order valence-electron chi connectivity index (χ4n) is 1.52. The monoisotopic (exact) mass is 194 g/mol. The molecule has 0 heterocycles. The number of aryl methyl sites for hydroxylation is 2. The van der Waals surface area contributed by atoms with Crippen LogP contribution in [0.15, 0.2) is 24.3 Å². The number of hydrogen-bond donors (Lipinski definition) is 0. The molecule has 0 saturated carbocycles. The number of alkyl halides is 1. The average molecular weight is 194 g/mol. The maximum Gasteiger partial charge on any atom is 0.0897 e. The zero-order chi connectivity index (χ0) is 10.2. The molecule has 0 aliphatic heterocycles. The predicted octanol–water partition coefficient (Wildman–Crippen LogP) is 3.93. The van der Waals surface area contributed by atoms with Crippen molar-refractivity contribution in [1.29, 1.82) is 0 Å². The summed E-state index contributed by atoms with van der Waals surface area (Å²) in [5.41, 5.74) is 2.65. The van der Waals surface area contributed by atoms with Crippen LogP contribution in [-0.2, 0) is 12.8 Å². The topological polar surface area (TPSA) is 0 Å². The van der Waals surface area contributed by atoms with Crippen molar-refractivity contribution in [1.82, 2.24) is 0 Å². The second kappa shape index (κ2) is 6.58. The van der Waals surface area contributed by atoms with Gasteiger partial charge < -0.3 is 0 Å². The summed E-state index contributed by atoms with van der Waals surface area (Å²) in [4.78, 5) is 0. The molecule has 1 aromatic rings. The van der Waals surface area contributed by atoms with Gasteiger partial charge in [0.25, 0.3) is 0 Å². The Kier molecular flexibility index (Phi) is 5.28. The zero-order valence-corrected chi connectivity index (χ0v) is 8.93. The van der Waals surface area contributed by atoms with Gasteiger partial charge in [0.2, 0.25) is 0 Å². The van der Waals surface area contributed by atoms with Gasteiger partial charge in [-0.05, 0) is 36.8 Å². The van der Waals surface area contributed by atoms with E-state index in [1.807, 2.05) is 0 Å². The van der Waals surface area contributed by atoms with Crippen molar-refractivity contribution < 1.29 is 4.39 Å². The highest BCUT2D eigenvalue weighted by Crippen LogP contribution is 2.09. The van der Waals surface area contributed by atoms with Crippen molar-refractivity contribution in [2.45, 2.75) is 39.0 Å². The fourth-order valence-corrected chi connectivity index (χ4v) is 1.52. The molecule has 0 fully saturated rings. The van der Waals surface area contributed by atoms with Gasteiger partial charge in [0.1, 0.15) is 0 Å². The van der Waals surface area contributed by atoms with E-state index in [1.54, 1.807) is 0 Å². The maximum atomic E-state index is 11.9. The fraction of sp³-hybridized carbons (Fsp3) is 0.538. The Morgan fingerprint density at radius 1 is 0.929 bits per heavy atom. The Morgan fingerprint density at radius 3 is 1.86 bits per heavy atom. The largest absolute Gasteiger partial charge is 0.251 e. The van der Waals surface area contributed by atoms with Crippen molar-refractivity contribution in [3.8, 4) is 0 Å². The third kappa shape index (κ3) is 3.91. The van der Waals surface area contributed by atoms with Crippen LogP contribution < -0.4 is 0 Å². The summed E-state index contributed by atoms with van der Waals surface area (Å²) in [6, 6.07) is 8.59. The Hall–Kier alpha value is -0.850. The van der Waals surface area contributed by atoms with Gasteiger partial charge in [0.15, 0.2) is 0 Å². The summed E-state index contributed by atoms with van der Waals surface area (Å²) in [7, 11) is 0. The first kappa shape index (κ1) is 11.2. The van der Waals surface area contributed by atoms with E-state index in [0.29, 0.717) is 6.42 Å². The first-order valence-electron chi connectivity index (χ1n) is 5.50. The van der Waals surface area contributed by atoms with E-state index in [0.717, 1.165) is 6.42 Å². The molecule has 0 aliphatic carbocycles. The number of hydrogen-bond acceptors (Lipinski definition) is 0. The molecule has 0 unspecified atom stereocenters. The van der Waals surface area contributed by atoms with Gasteiger partial charge in [0.05, 0.1) is 6.67 Å².